The number of aliphatic hydroxyl groups is 1. The molecule has 0 bridgehead atoms. The molecule has 0 saturated carbocycles. The third-order valence-corrected chi connectivity index (χ3v) is 7.14. The molecule has 0 aliphatic carbocycles. The molecule has 2 atom stereocenters. The molecule has 1 fully saturated rings. The van der Waals surface area contributed by atoms with Crippen molar-refractivity contribution in [2.45, 2.75) is 85.0 Å². The first-order chi connectivity index (χ1) is 18.0. The Morgan fingerprint density at radius 1 is 1.16 bits per heavy atom. The van der Waals surface area contributed by atoms with E-state index in [4.69, 9.17) is 4.98 Å². The molecule has 202 valence electrons. The monoisotopic (exact) mass is 516 g/mol. The highest BCUT2D eigenvalue weighted by atomic mass is 16.3. The van der Waals surface area contributed by atoms with Crippen LogP contribution in [0.25, 0.3) is 0 Å². The second kappa shape index (κ2) is 11.6. The summed E-state index contributed by atoms with van der Waals surface area (Å²) in [4.78, 5) is 28.8. The van der Waals surface area contributed by atoms with Crippen molar-refractivity contribution < 1.29 is 9.90 Å². The summed E-state index contributed by atoms with van der Waals surface area (Å²) < 4.78 is 0. The van der Waals surface area contributed by atoms with E-state index in [-0.39, 0.29) is 18.0 Å². The fraction of sp³-hybridized carbons (Fsp3) is 0.467. The highest BCUT2D eigenvalue weighted by molar-refractivity contribution is 5.94. The molecule has 8 nitrogen and oxygen atoms in total. The molecule has 1 aliphatic heterocycles. The average molecular weight is 517 g/mol. The molecule has 4 rings (SSSR count). The summed E-state index contributed by atoms with van der Waals surface area (Å²) >= 11 is 0. The van der Waals surface area contributed by atoms with Crippen LogP contribution in [0.2, 0.25) is 0 Å². The molecule has 0 unspecified atom stereocenters. The van der Waals surface area contributed by atoms with Gasteiger partial charge in [0.15, 0.2) is 0 Å². The third-order valence-electron chi connectivity index (χ3n) is 7.14. The van der Waals surface area contributed by atoms with Crippen molar-refractivity contribution in [1.29, 1.82) is 0 Å². The van der Waals surface area contributed by atoms with Gasteiger partial charge in [0.1, 0.15) is 5.60 Å². The zero-order chi connectivity index (χ0) is 27.4. The smallest absolute Gasteiger partial charge is 0.254 e. The number of pyridine rings is 1. The Morgan fingerprint density at radius 2 is 1.89 bits per heavy atom. The first-order valence-corrected chi connectivity index (χ1v) is 13.5. The summed E-state index contributed by atoms with van der Waals surface area (Å²) in [6.07, 6.45) is 6.09. The van der Waals surface area contributed by atoms with E-state index in [1.165, 1.54) is 11.1 Å². The minimum atomic E-state index is -1.09. The lowest BCUT2D eigenvalue weighted by Gasteiger charge is -2.38. The Hall–Kier alpha value is -3.36. The minimum absolute atomic E-state index is 0.0185. The molecule has 38 heavy (non-hydrogen) atoms. The van der Waals surface area contributed by atoms with Crippen molar-refractivity contribution in [2.24, 2.45) is 0 Å². The van der Waals surface area contributed by atoms with Crippen LogP contribution in [0.3, 0.4) is 0 Å². The molecule has 0 spiro atoms. The van der Waals surface area contributed by atoms with Gasteiger partial charge in [-0.15, -0.1) is 0 Å². The van der Waals surface area contributed by atoms with Gasteiger partial charge in [0.05, 0.1) is 11.4 Å². The molecule has 3 heterocycles. The number of rotatable bonds is 8. The summed E-state index contributed by atoms with van der Waals surface area (Å²) in [6, 6.07) is 10.1. The molecule has 8 heteroatoms. The molecule has 0 radical (unpaired) electrons. The van der Waals surface area contributed by atoms with E-state index >= 15 is 0 Å². The van der Waals surface area contributed by atoms with Gasteiger partial charge in [-0.3, -0.25) is 9.78 Å². The van der Waals surface area contributed by atoms with E-state index in [1.54, 1.807) is 32.2 Å². The van der Waals surface area contributed by atoms with Crippen LogP contribution in [0.5, 0.6) is 0 Å². The number of benzene rings is 1. The van der Waals surface area contributed by atoms with E-state index in [9.17, 15) is 9.90 Å². The zero-order valence-corrected chi connectivity index (χ0v) is 23.4. The highest BCUT2D eigenvalue weighted by Crippen LogP contribution is 2.24. The summed E-state index contributed by atoms with van der Waals surface area (Å²) in [7, 11) is 0. The number of piperidine rings is 1. The molecule has 1 aliphatic rings. The second-order valence-electron chi connectivity index (χ2n) is 11.0. The fourth-order valence-corrected chi connectivity index (χ4v) is 5.09. The van der Waals surface area contributed by atoms with Gasteiger partial charge < -0.3 is 20.6 Å². The Bertz CT molecular complexity index is 1270. The maximum Gasteiger partial charge on any atom is 0.254 e. The SMILES string of the molecule is CCc1cnc(Nc2cc(C)cc(C)c2)nc1CN[C@@H]1CCN(C(=O)c2ccnc(C(C)(C)O)c2)[C@H](C)C1. The van der Waals surface area contributed by atoms with Crippen LogP contribution < -0.4 is 10.6 Å². The summed E-state index contributed by atoms with van der Waals surface area (Å²) in [5, 5.41) is 17.3. The molecule has 3 N–H and O–H groups in total. The summed E-state index contributed by atoms with van der Waals surface area (Å²) in [5.74, 6) is 0.579. The topological polar surface area (TPSA) is 103 Å². The van der Waals surface area contributed by atoms with Crippen LogP contribution in [0, 0.1) is 13.8 Å². The molecule has 1 aromatic carbocycles. The second-order valence-corrected chi connectivity index (χ2v) is 11.0. The molecule has 2 aromatic heterocycles. The van der Waals surface area contributed by atoms with Crippen molar-refractivity contribution in [1.82, 2.24) is 25.2 Å². The van der Waals surface area contributed by atoms with E-state index in [1.807, 2.05) is 11.1 Å². The summed E-state index contributed by atoms with van der Waals surface area (Å²) in [5.41, 5.74) is 5.47. The van der Waals surface area contributed by atoms with E-state index in [0.717, 1.165) is 36.2 Å². The van der Waals surface area contributed by atoms with Crippen molar-refractivity contribution in [3.8, 4) is 0 Å². The van der Waals surface area contributed by atoms with Crippen molar-refractivity contribution in [2.75, 3.05) is 11.9 Å². The highest BCUT2D eigenvalue weighted by Gasteiger charge is 2.30. The predicted molar refractivity (Wildman–Crippen MR) is 150 cm³/mol. The van der Waals surface area contributed by atoms with Crippen molar-refractivity contribution in [3.05, 3.63) is 76.4 Å². The number of likely N-dealkylation sites (tertiary alicyclic amines) is 1. The van der Waals surface area contributed by atoms with E-state index in [2.05, 4.69) is 66.5 Å². The largest absolute Gasteiger partial charge is 0.384 e. The number of nitrogens with zero attached hydrogens (tertiary/aromatic N) is 4. The third kappa shape index (κ3) is 6.74. The lowest BCUT2D eigenvalue weighted by molar-refractivity contribution is 0.0598. The number of nitrogens with one attached hydrogen (secondary N) is 2. The van der Waals surface area contributed by atoms with E-state index in [0.29, 0.717) is 30.3 Å². The van der Waals surface area contributed by atoms with Crippen LogP contribution >= 0.6 is 0 Å². The number of hydrogen-bond donors (Lipinski definition) is 3. The first-order valence-electron chi connectivity index (χ1n) is 13.5. The first kappa shape index (κ1) is 27.7. The standard InChI is InChI=1S/C30H40N6O2/c1-7-22-17-33-29(34-25-13-19(2)12-20(3)14-25)35-26(22)18-32-24-9-11-36(21(4)15-24)28(37)23-8-10-31-27(16-23)30(5,6)38/h8,10,12-14,16-17,21,24,32,38H,7,9,11,15,18H2,1-6H3,(H,33,34,35)/t21-,24-/m1/s1. The molecular weight excluding hydrogens is 476 g/mol. The number of carbonyl (C=O) groups excluding carboxylic acids is 1. The van der Waals surface area contributed by atoms with Crippen LogP contribution in [0.4, 0.5) is 11.6 Å². The van der Waals surface area contributed by atoms with Crippen molar-refractivity contribution >= 4 is 17.5 Å². The van der Waals surface area contributed by atoms with Gasteiger partial charge in [0.25, 0.3) is 5.91 Å². The number of anilines is 2. The van der Waals surface area contributed by atoms with Crippen LogP contribution in [0.15, 0.2) is 42.7 Å². The minimum Gasteiger partial charge on any atom is -0.384 e. The number of aryl methyl sites for hydroxylation is 3. The fourth-order valence-electron chi connectivity index (χ4n) is 5.09. The van der Waals surface area contributed by atoms with Crippen LogP contribution in [-0.4, -0.2) is 49.5 Å². The summed E-state index contributed by atoms with van der Waals surface area (Å²) in [6.45, 7) is 13.0. The zero-order valence-electron chi connectivity index (χ0n) is 23.4. The number of carbonyl (C=O) groups is 1. The van der Waals surface area contributed by atoms with Crippen LogP contribution in [-0.2, 0) is 18.6 Å². The lowest BCUT2D eigenvalue weighted by atomic mass is 9.96. The lowest BCUT2D eigenvalue weighted by Crippen LogP contribution is -2.49. The molecule has 1 amide bonds. The maximum atomic E-state index is 13.3. The maximum absolute atomic E-state index is 13.3. The average Bonchev–Trinajstić information content (AvgIpc) is 2.86. The van der Waals surface area contributed by atoms with Crippen LogP contribution in [0.1, 0.15) is 79.0 Å². The van der Waals surface area contributed by atoms with Gasteiger partial charge in [0, 0.05) is 48.8 Å². The Balaban J connectivity index is 1.38. The van der Waals surface area contributed by atoms with Gasteiger partial charge in [0.2, 0.25) is 5.95 Å². The number of aromatic nitrogens is 3. The van der Waals surface area contributed by atoms with Gasteiger partial charge in [-0.2, -0.15) is 0 Å². The molecule has 3 aromatic rings. The van der Waals surface area contributed by atoms with E-state index < -0.39 is 5.60 Å². The normalized spacial score (nSPS) is 17.9. The quantitative estimate of drug-likeness (QED) is 0.395. The van der Waals surface area contributed by atoms with Gasteiger partial charge in [-0.25, -0.2) is 9.97 Å². The molecule has 1 saturated heterocycles. The van der Waals surface area contributed by atoms with Gasteiger partial charge in [-0.1, -0.05) is 13.0 Å². The molecular formula is C30H40N6O2. The number of amides is 1. The van der Waals surface area contributed by atoms with Gasteiger partial charge >= 0.3 is 0 Å². The Kier molecular flexibility index (Phi) is 8.43. The Labute approximate surface area is 225 Å². The predicted octanol–water partition coefficient (Wildman–Crippen LogP) is 4.80. The number of hydrogen-bond acceptors (Lipinski definition) is 7. The van der Waals surface area contributed by atoms with Crippen molar-refractivity contribution in [3.63, 3.8) is 0 Å². The Morgan fingerprint density at radius 3 is 2.55 bits per heavy atom. The van der Waals surface area contributed by atoms with Gasteiger partial charge in [-0.05, 0) is 94.8 Å².